The lowest BCUT2D eigenvalue weighted by Gasteiger charge is -2.21. The second-order valence-electron chi connectivity index (χ2n) is 5.93. The molecule has 0 saturated heterocycles. The quantitative estimate of drug-likeness (QED) is 0.754. The number of hydrogen-bond donors (Lipinski definition) is 1. The van der Waals surface area contributed by atoms with Gasteiger partial charge in [0.25, 0.3) is 0 Å². The molecule has 0 saturated carbocycles. The van der Waals surface area contributed by atoms with Crippen molar-refractivity contribution in [1.29, 1.82) is 0 Å². The minimum Gasteiger partial charge on any atom is -0.337 e. The first-order valence-electron chi connectivity index (χ1n) is 8.41. The van der Waals surface area contributed by atoms with Gasteiger partial charge in [0.05, 0.1) is 0 Å². The normalized spacial score (nSPS) is 13.5. The summed E-state index contributed by atoms with van der Waals surface area (Å²) in [4.78, 5) is 18.7. The van der Waals surface area contributed by atoms with E-state index < -0.39 is 0 Å². The van der Waals surface area contributed by atoms with Crippen LogP contribution in [0, 0.1) is 0 Å². The van der Waals surface area contributed by atoms with Gasteiger partial charge in [-0.1, -0.05) is 53.2 Å². The van der Waals surface area contributed by atoms with Crippen LogP contribution in [0.3, 0.4) is 0 Å². The van der Waals surface area contributed by atoms with Gasteiger partial charge in [0.15, 0.2) is 0 Å². The standard InChI is InChI=1S/C19H22N4O2.ClH/c1-2-12-23(18(24)13-15-8-10-20-11-9-15)14-17-21-19(22-25-17)16-6-4-3-5-7-16;/h2-8,20H,1,9-14H2;1H. The lowest BCUT2D eigenvalue weighted by Crippen LogP contribution is -2.32. The first-order valence-corrected chi connectivity index (χ1v) is 8.41. The third-order valence-electron chi connectivity index (χ3n) is 4.06. The maximum atomic E-state index is 12.6. The van der Waals surface area contributed by atoms with Gasteiger partial charge in [0.1, 0.15) is 6.54 Å². The Kier molecular flexibility index (Phi) is 7.56. The van der Waals surface area contributed by atoms with Crippen molar-refractivity contribution in [2.75, 3.05) is 19.6 Å². The summed E-state index contributed by atoms with van der Waals surface area (Å²) in [6.07, 6.45) is 5.14. The summed E-state index contributed by atoms with van der Waals surface area (Å²) in [7, 11) is 0. The van der Waals surface area contributed by atoms with Gasteiger partial charge in [-0.25, -0.2) is 0 Å². The number of nitrogens with one attached hydrogen (secondary N) is 1. The van der Waals surface area contributed by atoms with Gasteiger partial charge in [0.2, 0.25) is 17.6 Å². The van der Waals surface area contributed by atoms with Crippen molar-refractivity contribution in [2.24, 2.45) is 0 Å². The average Bonchev–Trinajstić information content (AvgIpc) is 3.11. The van der Waals surface area contributed by atoms with Crippen LogP contribution in [-0.2, 0) is 11.3 Å². The van der Waals surface area contributed by atoms with Crippen molar-refractivity contribution >= 4 is 18.3 Å². The van der Waals surface area contributed by atoms with Gasteiger partial charge >= 0.3 is 0 Å². The molecule has 138 valence electrons. The molecule has 0 radical (unpaired) electrons. The minimum atomic E-state index is 0. The van der Waals surface area contributed by atoms with Crippen molar-refractivity contribution < 1.29 is 9.32 Å². The Morgan fingerprint density at radius 2 is 2.15 bits per heavy atom. The molecule has 1 aliphatic rings. The molecule has 0 bridgehead atoms. The van der Waals surface area contributed by atoms with Crippen LogP contribution in [0.15, 0.2) is 59.2 Å². The molecule has 7 heteroatoms. The highest BCUT2D eigenvalue weighted by Gasteiger charge is 2.19. The van der Waals surface area contributed by atoms with Gasteiger partial charge in [-0.3, -0.25) is 4.79 Å². The minimum absolute atomic E-state index is 0. The van der Waals surface area contributed by atoms with Crippen LogP contribution in [0.1, 0.15) is 18.7 Å². The number of carbonyl (C=O) groups excluding carboxylic acids is 1. The first kappa shape index (κ1) is 19.9. The van der Waals surface area contributed by atoms with Gasteiger partial charge in [0, 0.05) is 25.1 Å². The second kappa shape index (κ2) is 9.89. The highest BCUT2D eigenvalue weighted by molar-refractivity contribution is 5.85. The molecule has 1 aromatic carbocycles. The zero-order valence-corrected chi connectivity index (χ0v) is 15.4. The van der Waals surface area contributed by atoms with Crippen LogP contribution in [0.25, 0.3) is 11.4 Å². The summed E-state index contributed by atoms with van der Waals surface area (Å²) in [5.41, 5.74) is 2.06. The summed E-state index contributed by atoms with van der Waals surface area (Å²) in [6.45, 7) is 6.23. The van der Waals surface area contributed by atoms with E-state index >= 15 is 0 Å². The number of halogens is 1. The van der Waals surface area contributed by atoms with Crippen molar-refractivity contribution in [2.45, 2.75) is 19.4 Å². The van der Waals surface area contributed by atoms with Gasteiger partial charge in [-0.15, -0.1) is 19.0 Å². The van der Waals surface area contributed by atoms with Crippen molar-refractivity contribution in [3.05, 3.63) is 60.5 Å². The Labute approximate surface area is 159 Å². The lowest BCUT2D eigenvalue weighted by atomic mass is 10.1. The van der Waals surface area contributed by atoms with Gasteiger partial charge < -0.3 is 14.7 Å². The fraction of sp³-hybridized carbons (Fsp3) is 0.316. The topological polar surface area (TPSA) is 71.3 Å². The van der Waals surface area contributed by atoms with E-state index in [0.29, 0.717) is 24.7 Å². The molecule has 2 aromatic rings. The maximum absolute atomic E-state index is 12.6. The van der Waals surface area contributed by atoms with Gasteiger partial charge in [-0.2, -0.15) is 4.98 Å². The number of rotatable bonds is 7. The summed E-state index contributed by atoms with van der Waals surface area (Å²) in [5, 5.41) is 7.25. The molecular formula is C19H23ClN4O2. The van der Waals surface area contributed by atoms with E-state index in [1.807, 2.05) is 30.3 Å². The number of aromatic nitrogens is 2. The zero-order valence-electron chi connectivity index (χ0n) is 14.6. The Hall–Kier alpha value is -2.44. The molecule has 26 heavy (non-hydrogen) atoms. The molecule has 1 N–H and O–H groups in total. The Bertz CT molecular complexity index is 758. The molecular weight excluding hydrogens is 352 g/mol. The molecule has 1 aromatic heterocycles. The lowest BCUT2D eigenvalue weighted by molar-refractivity contribution is -0.130. The first-order chi connectivity index (χ1) is 12.3. The van der Waals surface area contributed by atoms with E-state index in [9.17, 15) is 4.79 Å². The third kappa shape index (κ3) is 5.28. The summed E-state index contributed by atoms with van der Waals surface area (Å²) in [6, 6.07) is 9.62. The maximum Gasteiger partial charge on any atom is 0.246 e. The molecule has 1 amide bonds. The third-order valence-corrected chi connectivity index (χ3v) is 4.06. The van der Waals surface area contributed by atoms with E-state index in [1.54, 1.807) is 11.0 Å². The molecule has 0 atom stereocenters. The van der Waals surface area contributed by atoms with E-state index in [1.165, 1.54) is 5.57 Å². The zero-order chi connectivity index (χ0) is 17.5. The molecule has 0 aliphatic carbocycles. The molecule has 0 fully saturated rings. The van der Waals surface area contributed by atoms with Crippen LogP contribution in [0.5, 0.6) is 0 Å². The molecule has 3 rings (SSSR count). The van der Waals surface area contributed by atoms with Crippen LogP contribution >= 0.6 is 12.4 Å². The average molecular weight is 375 g/mol. The number of carbonyl (C=O) groups is 1. The Morgan fingerprint density at radius 1 is 1.35 bits per heavy atom. The monoisotopic (exact) mass is 374 g/mol. The van der Waals surface area contributed by atoms with Gasteiger partial charge in [-0.05, 0) is 13.0 Å². The Balaban J connectivity index is 0.00000243. The van der Waals surface area contributed by atoms with Crippen molar-refractivity contribution in [1.82, 2.24) is 20.4 Å². The summed E-state index contributed by atoms with van der Waals surface area (Å²) < 4.78 is 5.32. The Morgan fingerprint density at radius 3 is 2.85 bits per heavy atom. The van der Waals surface area contributed by atoms with Crippen LogP contribution < -0.4 is 5.32 Å². The van der Waals surface area contributed by atoms with Crippen LogP contribution in [-0.4, -0.2) is 40.6 Å². The number of hydrogen-bond acceptors (Lipinski definition) is 5. The fourth-order valence-electron chi connectivity index (χ4n) is 2.73. The molecule has 2 heterocycles. The SMILES string of the molecule is C=CCN(Cc1nc(-c2ccccc2)no1)C(=O)CC1=CCNCC1.Cl. The van der Waals surface area contributed by atoms with Crippen LogP contribution in [0.4, 0.5) is 0 Å². The van der Waals surface area contributed by atoms with Crippen molar-refractivity contribution in [3.63, 3.8) is 0 Å². The number of amides is 1. The molecule has 0 unspecified atom stereocenters. The number of nitrogens with zero attached hydrogens (tertiary/aromatic N) is 3. The molecule has 1 aliphatic heterocycles. The smallest absolute Gasteiger partial charge is 0.246 e. The summed E-state index contributed by atoms with van der Waals surface area (Å²) >= 11 is 0. The predicted octanol–water partition coefficient (Wildman–Crippen LogP) is 2.98. The molecule has 0 spiro atoms. The second-order valence-corrected chi connectivity index (χ2v) is 5.93. The van der Waals surface area contributed by atoms with E-state index in [2.05, 4.69) is 28.1 Å². The van der Waals surface area contributed by atoms with Crippen LogP contribution in [0.2, 0.25) is 0 Å². The van der Waals surface area contributed by atoms with E-state index in [4.69, 9.17) is 4.52 Å². The summed E-state index contributed by atoms with van der Waals surface area (Å²) in [5.74, 6) is 1.00. The van der Waals surface area contributed by atoms with E-state index in [-0.39, 0.29) is 24.9 Å². The predicted molar refractivity (Wildman–Crippen MR) is 103 cm³/mol. The fourth-order valence-corrected chi connectivity index (χ4v) is 2.73. The largest absolute Gasteiger partial charge is 0.337 e. The highest BCUT2D eigenvalue weighted by Crippen LogP contribution is 2.17. The highest BCUT2D eigenvalue weighted by atomic mass is 35.5. The van der Waals surface area contributed by atoms with E-state index in [0.717, 1.165) is 25.1 Å². The van der Waals surface area contributed by atoms with Crippen molar-refractivity contribution in [3.8, 4) is 11.4 Å². The number of benzene rings is 1. The molecule has 6 nitrogen and oxygen atoms in total.